The van der Waals surface area contributed by atoms with E-state index in [1.807, 2.05) is 0 Å². The lowest BCUT2D eigenvalue weighted by atomic mass is 9.62. The van der Waals surface area contributed by atoms with E-state index >= 15 is 0 Å². The third-order valence-electron chi connectivity index (χ3n) is 6.11. The number of ketones is 1. The molecule has 10 nitrogen and oxygen atoms in total. The Kier molecular flexibility index (Phi) is 6.75. The van der Waals surface area contributed by atoms with E-state index in [-0.39, 0.29) is 12.0 Å². The van der Waals surface area contributed by atoms with Gasteiger partial charge in [0.1, 0.15) is 34.7 Å². The second-order valence-corrected chi connectivity index (χ2v) is 7.57. The molecule has 0 spiro atoms. The van der Waals surface area contributed by atoms with Crippen LogP contribution in [0.4, 0.5) is 0 Å². The summed E-state index contributed by atoms with van der Waals surface area (Å²) >= 11 is 0. The average Bonchev–Trinajstić information content (AvgIpc) is 2.82. The molecular formula is C23H24O10. The summed E-state index contributed by atoms with van der Waals surface area (Å²) in [7, 11) is 4.66. The number of Topliss-reactive ketones (excluding diaryl/α,β-unsaturated/α-hetero) is 1. The summed E-state index contributed by atoms with van der Waals surface area (Å²) < 4.78 is 19.7. The fourth-order valence-electron chi connectivity index (χ4n) is 4.64. The standard InChI is InChI=1S/C23H24O10/c1-30-13-8-6-5-7-10(13)11-9-12-14(18(24)15(11)21(27)31-2)19(25)17(23(29)33-4)20(26)16(12)22(28)32-3/h5-8,11-12,15-16,24-25H,9H2,1-4H3. The minimum absolute atomic E-state index is 0.0381. The van der Waals surface area contributed by atoms with Crippen LogP contribution in [0.25, 0.3) is 0 Å². The molecule has 0 aliphatic heterocycles. The lowest BCUT2D eigenvalue weighted by Crippen LogP contribution is -2.45. The Morgan fingerprint density at radius 2 is 1.48 bits per heavy atom. The number of allylic oxidation sites excluding steroid dienone is 1. The quantitative estimate of drug-likeness (QED) is 0.288. The first kappa shape index (κ1) is 23.8. The average molecular weight is 460 g/mol. The number of hydrogen-bond acceptors (Lipinski definition) is 10. The zero-order valence-corrected chi connectivity index (χ0v) is 18.5. The zero-order valence-electron chi connectivity index (χ0n) is 18.5. The highest BCUT2D eigenvalue weighted by Crippen LogP contribution is 2.52. The Morgan fingerprint density at radius 3 is 2.06 bits per heavy atom. The molecule has 33 heavy (non-hydrogen) atoms. The van der Waals surface area contributed by atoms with Gasteiger partial charge in [-0.1, -0.05) is 18.2 Å². The van der Waals surface area contributed by atoms with Crippen molar-refractivity contribution < 1.29 is 48.3 Å². The van der Waals surface area contributed by atoms with Crippen molar-refractivity contribution >= 4 is 23.7 Å². The zero-order chi connectivity index (χ0) is 24.4. The summed E-state index contributed by atoms with van der Waals surface area (Å²) in [6.45, 7) is 0. The van der Waals surface area contributed by atoms with Crippen LogP contribution < -0.4 is 4.74 Å². The summed E-state index contributed by atoms with van der Waals surface area (Å²) in [5, 5.41) is 22.0. The van der Waals surface area contributed by atoms with Gasteiger partial charge in [0, 0.05) is 17.4 Å². The Morgan fingerprint density at radius 1 is 0.879 bits per heavy atom. The Bertz CT molecular complexity index is 1070. The van der Waals surface area contributed by atoms with Gasteiger partial charge < -0.3 is 29.2 Å². The Labute approximate surface area is 189 Å². The molecule has 3 rings (SSSR count). The normalized spacial score (nSPS) is 24.7. The summed E-state index contributed by atoms with van der Waals surface area (Å²) in [5.74, 6) is -9.72. The van der Waals surface area contributed by atoms with Gasteiger partial charge >= 0.3 is 17.9 Å². The number of ether oxygens (including phenoxy) is 4. The molecule has 0 saturated heterocycles. The van der Waals surface area contributed by atoms with Crippen molar-refractivity contribution in [2.24, 2.45) is 17.8 Å². The van der Waals surface area contributed by atoms with Crippen LogP contribution in [0.3, 0.4) is 0 Å². The SMILES string of the molecule is COC(=O)C1=C(O)C2=C(O)C(C(=O)OC)C(c3ccccc3OC)CC2C(C(=O)OC)C1=O. The highest BCUT2D eigenvalue weighted by atomic mass is 16.5. The van der Waals surface area contributed by atoms with E-state index in [4.69, 9.17) is 14.2 Å². The number of carbonyl (C=O) groups is 4. The van der Waals surface area contributed by atoms with E-state index < -0.39 is 64.5 Å². The van der Waals surface area contributed by atoms with Gasteiger partial charge in [-0.05, 0) is 18.1 Å². The third kappa shape index (κ3) is 3.81. The molecule has 0 amide bonds. The maximum atomic E-state index is 13.1. The number of esters is 3. The topological polar surface area (TPSA) is 146 Å². The molecular weight excluding hydrogens is 436 g/mol. The van der Waals surface area contributed by atoms with E-state index in [0.29, 0.717) is 11.3 Å². The van der Waals surface area contributed by atoms with Gasteiger partial charge in [-0.15, -0.1) is 0 Å². The molecule has 4 unspecified atom stereocenters. The van der Waals surface area contributed by atoms with E-state index in [1.54, 1.807) is 24.3 Å². The molecule has 4 atom stereocenters. The Balaban J connectivity index is 2.33. The first-order valence-corrected chi connectivity index (χ1v) is 10.0. The van der Waals surface area contributed by atoms with Gasteiger partial charge in [0.05, 0.1) is 28.4 Å². The van der Waals surface area contributed by atoms with E-state index in [9.17, 15) is 29.4 Å². The number of para-hydroxylation sites is 1. The molecule has 0 fully saturated rings. The van der Waals surface area contributed by atoms with Crippen LogP contribution >= 0.6 is 0 Å². The number of fused-ring (bicyclic) bond motifs is 1. The van der Waals surface area contributed by atoms with Crippen molar-refractivity contribution in [3.63, 3.8) is 0 Å². The second-order valence-electron chi connectivity index (χ2n) is 7.57. The third-order valence-corrected chi connectivity index (χ3v) is 6.11. The molecule has 1 aromatic rings. The van der Waals surface area contributed by atoms with E-state index in [2.05, 4.69) is 4.74 Å². The van der Waals surface area contributed by atoms with Crippen molar-refractivity contribution in [3.8, 4) is 5.75 Å². The lowest BCUT2D eigenvalue weighted by molar-refractivity contribution is -0.152. The molecule has 2 N–H and O–H groups in total. The number of carbonyl (C=O) groups excluding carboxylic acids is 4. The van der Waals surface area contributed by atoms with Gasteiger partial charge in [0.25, 0.3) is 0 Å². The number of rotatable bonds is 5. The van der Waals surface area contributed by atoms with Gasteiger partial charge in [-0.3, -0.25) is 14.4 Å². The smallest absolute Gasteiger partial charge is 0.345 e. The lowest BCUT2D eigenvalue weighted by Gasteiger charge is -2.40. The second kappa shape index (κ2) is 9.35. The molecule has 0 saturated carbocycles. The first-order chi connectivity index (χ1) is 15.7. The van der Waals surface area contributed by atoms with Gasteiger partial charge in [-0.25, -0.2) is 4.79 Å². The summed E-state index contributed by atoms with van der Waals surface area (Å²) in [4.78, 5) is 50.7. The summed E-state index contributed by atoms with van der Waals surface area (Å²) in [6, 6.07) is 6.78. The number of hydrogen-bond donors (Lipinski definition) is 2. The molecule has 0 radical (unpaired) electrons. The molecule has 10 heteroatoms. The van der Waals surface area contributed by atoms with Gasteiger partial charge in [0.2, 0.25) is 0 Å². The maximum Gasteiger partial charge on any atom is 0.345 e. The highest BCUT2D eigenvalue weighted by molar-refractivity contribution is 6.24. The van der Waals surface area contributed by atoms with Crippen LogP contribution in [0.1, 0.15) is 17.9 Å². The fraction of sp³-hybridized carbons (Fsp3) is 0.391. The maximum absolute atomic E-state index is 13.1. The predicted molar refractivity (Wildman–Crippen MR) is 111 cm³/mol. The molecule has 2 aliphatic carbocycles. The van der Waals surface area contributed by atoms with E-state index in [1.165, 1.54) is 7.11 Å². The highest BCUT2D eigenvalue weighted by Gasteiger charge is 2.55. The van der Waals surface area contributed by atoms with Crippen LogP contribution in [0.2, 0.25) is 0 Å². The summed E-state index contributed by atoms with van der Waals surface area (Å²) in [6.07, 6.45) is -0.0381. The van der Waals surface area contributed by atoms with E-state index in [0.717, 1.165) is 21.3 Å². The minimum atomic E-state index is -1.55. The Hall–Kier alpha value is -3.82. The number of benzene rings is 1. The molecule has 0 bridgehead atoms. The predicted octanol–water partition coefficient (Wildman–Crippen LogP) is 1.76. The van der Waals surface area contributed by atoms with Crippen LogP contribution in [0, 0.1) is 17.8 Å². The van der Waals surface area contributed by atoms with Crippen molar-refractivity contribution in [2.45, 2.75) is 12.3 Å². The fourth-order valence-corrected chi connectivity index (χ4v) is 4.64. The number of aliphatic hydroxyl groups is 2. The molecule has 0 heterocycles. The monoisotopic (exact) mass is 460 g/mol. The van der Waals surface area contributed by atoms with Crippen molar-refractivity contribution in [1.29, 1.82) is 0 Å². The van der Waals surface area contributed by atoms with Gasteiger partial charge in [-0.2, -0.15) is 0 Å². The summed E-state index contributed by atoms with van der Waals surface area (Å²) in [5.41, 5.74) is -0.545. The first-order valence-electron chi connectivity index (χ1n) is 10.0. The minimum Gasteiger partial charge on any atom is -0.511 e. The van der Waals surface area contributed by atoms with Crippen molar-refractivity contribution in [3.05, 3.63) is 52.5 Å². The number of methoxy groups -OCH3 is 4. The van der Waals surface area contributed by atoms with Crippen LogP contribution in [0.5, 0.6) is 5.75 Å². The van der Waals surface area contributed by atoms with Crippen molar-refractivity contribution in [1.82, 2.24) is 0 Å². The molecule has 2 aliphatic rings. The molecule has 176 valence electrons. The number of aliphatic hydroxyl groups excluding tert-OH is 2. The largest absolute Gasteiger partial charge is 0.511 e. The van der Waals surface area contributed by atoms with Gasteiger partial charge in [0.15, 0.2) is 5.78 Å². The van der Waals surface area contributed by atoms with Crippen LogP contribution in [0.15, 0.2) is 46.9 Å². The van der Waals surface area contributed by atoms with Crippen LogP contribution in [-0.2, 0) is 33.4 Å². The van der Waals surface area contributed by atoms with Crippen LogP contribution in [-0.4, -0.2) is 62.3 Å². The molecule has 1 aromatic carbocycles. The van der Waals surface area contributed by atoms with Crippen molar-refractivity contribution in [2.75, 3.05) is 28.4 Å². The molecule has 0 aromatic heterocycles.